The monoisotopic (exact) mass is 288 g/mol. The van der Waals surface area contributed by atoms with Crippen LogP contribution in [0.3, 0.4) is 0 Å². The first-order valence-corrected chi connectivity index (χ1v) is 7.48. The number of aromatic nitrogens is 3. The highest BCUT2D eigenvalue weighted by molar-refractivity contribution is 6.05. The number of hydrogen-bond acceptors (Lipinski definition) is 4. The van der Waals surface area contributed by atoms with Crippen LogP contribution in [0.2, 0.25) is 0 Å². The zero-order valence-electron chi connectivity index (χ0n) is 12.0. The maximum absolute atomic E-state index is 12.9. The zero-order valence-corrected chi connectivity index (χ0v) is 12.0. The van der Waals surface area contributed by atoms with Crippen molar-refractivity contribution in [1.29, 1.82) is 0 Å². The number of amides is 1. The normalized spacial score (nSPS) is 23.6. The minimum absolute atomic E-state index is 0. The van der Waals surface area contributed by atoms with Gasteiger partial charge in [0, 0.05) is 44.9 Å². The molecular weight excluding hydrogens is 268 g/mol. The molecule has 1 fully saturated rings. The van der Waals surface area contributed by atoms with E-state index in [0.29, 0.717) is 19.6 Å². The summed E-state index contributed by atoms with van der Waals surface area (Å²) in [7, 11) is 0. The smallest absolute Gasteiger partial charge is 0.231 e. The first-order valence-electron chi connectivity index (χ1n) is 7.48. The highest BCUT2D eigenvalue weighted by Gasteiger charge is 2.35. The number of aromatic amines is 1. The molecule has 2 aromatic heterocycles. The van der Waals surface area contributed by atoms with E-state index in [9.17, 15) is 4.79 Å². The van der Waals surface area contributed by atoms with Gasteiger partial charge in [0.05, 0.1) is 10.9 Å². The Bertz CT molecular complexity index is 696. The third kappa shape index (κ3) is 1.93. The second kappa shape index (κ2) is 4.80. The molecule has 1 saturated heterocycles. The van der Waals surface area contributed by atoms with Crippen LogP contribution in [-0.2, 0) is 16.0 Å². The molecule has 0 spiro atoms. The molecule has 0 bridgehead atoms. The average Bonchev–Trinajstić information content (AvgIpc) is 2.88. The van der Waals surface area contributed by atoms with Gasteiger partial charge in [-0.2, -0.15) is 5.10 Å². The van der Waals surface area contributed by atoms with Gasteiger partial charge in [0.1, 0.15) is 5.82 Å². The molecule has 0 radical (unpaired) electrons. The van der Waals surface area contributed by atoms with Gasteiger partial charge in [-0.1, -0.05) is 6.92 Å². The molecule has 0 aliphatic carbocycles. The van der Waals surface area contributed by atoms with E-state index in [1.54, 1.807) is 6.20 Å². The fourth-order valence-corrected chi connectivity index (χ4v) is 3.37. The first kappa shape index (κ1) is 12.8. The molecule has 2 aliphatic heterocycles. The lowest BCUT2D eigenvalue weighted by atomic mass is 10.0. The fraction of sp³-hybridized carbons (Fsp3) is 0.533. The molecule has 2 aromatic rings. The van der Waals surface area contributed by atoms with Gasteiger partial charge >= 0.3 is 0 Å². The predicted molar refractivity (Wildman–Crippen MR) is 80.2 cm³/mol. The minimum Gasteiger partial charge on any atom is -0.381 e. The average molecular weight is 288 g/mol. The van der Waals surface area contributed by atoms with Crippen molar-refractivity contribution in [3.63, 3.8) is 0 Å². The number of hydrogen-bond donors (Lipinski definition) is 1. The van der Waals surface area contributed by atoms with Crippen LogP contribution in [0, 0.1) is 5.92 Å². The molecule has 6 heteroatoms. The van der Waals surface area contributed by atoms with Crippen molar-refractivity contribution >= 4 is 22.6 Å². The number of carbonyl (C=O) groups is 1. The van der Waals surface area contributed by atoms with Crippen molar-refractivity contribution in [1.82, 2.24) is 15.2 Å². The summed E-state index contributed by atoms with van der Waals surface area (Å²) in [4.78, 5) is 19.3. The molecule has 1 N–H and O–H groups in total. The maximum Gasteiger partial charge on any atom is 0.231 e. The number of H-pyrrole nitrogens is 1. The summed E-state index contributed by atoms with van der Waals surface area (Å²) in [5.41, 5.74) is 1.90. The molecule has 0 aromatic carbocycles. The third-order valence-electron chi connectivity index (χ3n) is 4.48. The SMILES string of the molecule is CC1Cc2[nH]nc3ccnc(c23)N(C2CCOCC2)C1=O.[HH]. The van der Waals surface area contributed by atoms with Gasteiger partial charge in [-0.05, 0) is 18.9 Å². The number of ether oxygens (including phenoxy) is 1. The van der Waals surface area contributed by atoms with Crippen molar-refractivity contribution in [2.75, 3.05) is 18.1 Å². The van der Waals surface area contributed by atoms with Crippen LogP contribution < -0.4 is 4.90 Å². The van der Waals surface area contributed by atoms with Crippen LogP contribution in [-0.4, -0.2) is 40.3 Å². The zero-order chi connectivity index (χ0) is 14.4. The second-order valence-corrected chi connectivity index (χ2v) is 5.89. The van der Waals surface area contributed by atoms with Crippen molar-refractivity contribution in [3.05, 3.63) is 18.0 Å². The molecule has 2 aliphatic rings. The Morgan fingerprint density at radius 2 is 2.24 bits per heavy atom. The van der Waals surface area contributed by atoms with E-state index in [4.69, 9.17) is 4.74 Å². The van der Waals surface area contributed by atoms with Crippen LogP contribution in [0.1, 0.15) is 26.9 Å². The summed E-state index contributed by atoms with van der Waals surface area (Å²) < 4.78 is 5.43. The van der Waals surface area contributed by atoms with E-state index in [1.165, 1.54) is 0 Å². The van der Waals surface area contributed by atoms with E-state index in [1.807, 2.05) is 17.9 Å². The maximum atomic E-state index is 12.9. The largest absolute Gasteiger partial charge is 0.381 e. The molecule has 21 heavy (non-hydrogen) atoms. The summed E-state index contributed by atoms with van der Waals surface area (Å²) in [6.45, 7) is 3.39. The topological polar surface area (TPSA) is 71.1 Å². The lowest BCUT2D eigenvalue weighted by Crippen LogP contribution is -2.46. The van der Waals surface area contributed by atoms with Gasteiger partial charge in [-0.15, -0.1) is 0 Å². The minimum atomic E-state index is -0.0642. The van der Waals surface area contributed by atoms with E-state index in [2.05, 4.69) is 15.2 Å². The Kier molecular flexibility index (Phi) is 2.92. The van der Waals surface area contributed by atoms with Crippen LogP contribution in [0.5, 0.6) is 0 Å². The van der Waals surface area contributed by atoms with Crippen LogP contribution in [0.25, 0.3) is 10.9 Å². The quantitative estimate of drug-likeness (QED) is 0.870. The highest BCUT2D eigenvalue weighted by Crippen LogP contribution is 2.35. The van der Waals surface area contributed by atoms with Crippen LogP contribution in [0.15, 0.2) is 12.3 Å². The van der Waals surface area contributed by atoms with Crippen molar-refractivity contribution in [2.45, 2.75) is 32.2 Å². The van der Waals surface area contributed by atoms with Gasteiger partial charge in [0.15, 0.2) is 0 Å². The van der Waals surface area contributed by atoms with Gasteiger partial charge in [-0.3, -0.25) is 14.8 Å². The number of nitrogens with one attached hydrogen (secondary N) is 1. The van der Waals surface area contributed by atoms with Gasteiger partial charge in [0.2, 0.25) is 5.91 Å². The molecule has 1 amide bonds. The summed E-state index contributed by atoms with van der Waals surface area (Å²) >= 11 is 0. The van der Waals surface area contributed by atoms with Crippen molar-refractivity contribution in [2.24, 2.45) is 5.92 Å². The molecule has 1 atom stereocenters. The molecule has 4 rings (SSSR count). The number of anilines is 1. The van der Waals surface area contributed by atoms with E-state index in [-0.39, 0.29) is 19.3 Å². The summed E-state index contributed by atoms with van der Waals surface area (Å²) in [5, 5.41) is 8.42. The second-order valence-electron chi connectivity index (χ2n) is 5.89. The molecule has 1 unspecified atom stereocenters. The molecule has 6 nitrogen and oxygen atoms in total. The Balaban J connectivity index is 0.00000144. The molecular formula is C15H20N4O2. The van der Waals surface area contributed by atoms with Gasteiger partial charge < -0.3 is 4.74 Å². The number of pyridine rings is 1. The molecule has 112 valence electrons. The Morgan fingerprint density at radius 1 is 1.43 bits per heavy atom. The van der Waals surface area contributed by atoms with E-state index in [0.717, 1.165) is 35.3 Å². The molecule has 4 heterocycles. The van der Waals surface area contributed by atoms with E-state index >= 15 is 0 Å². The Labute approximate surface area is 124 Å². The molecule has 0 saturated carbocycles. The van der Waals surface area contributed by atoms with Crippen LogP contribution in [0.4, 0.5) is 5.82 Å². The summed E-state index contributed by atoms with van der Waals surface area (Å²) in [5.74, 6) is 0.856. The summed E-state index contributed by atoms with van der Waals surface area (Å²) in [6, 6.07) is 2.06. The standard InChI is InChI=1S/C15H18N4O2.H2/c1-9-8-12-13-11(17-18-12)2-5-16-14(13)19(15(9)20)10-3-6-21-7-4-10;/h2,5,9-10H,3-4,6-8H2,1H3,(H,17,18);1H. The van der Waals surface area contributed by atoms with Crippen LogP contribution >= 0.6 is 0 Å². The van der Waals surface area contributed by atoms with Crippen molar-refractivity contribution < 1.29 is 11.0 Å². The lowest BCUT2D eigenvalue weighted by molar-refractivity contribution is -0.122. The number of nitrogens with zero attached hydrogens (tertiary/aromatic N) is 3. The first-order chi connectivity index (χ1) is 10.3. The van der Waals surface area contributed by atoms with Gasteiger partial charge in [-0.25, -0.2) is 4.98 Å². The number of rotatable bonds is 1. The lowest BCUT2D eigenvalue weighted by Gasteiger charge is -2.34. The van der Waals surface area contributed by atoms with E-state index < -0.39 is 0 Å². The van der Waals surface area contributed by atoms with Gasteiger partial charge in [0.25, 0.3) is 0 Å². The summed E-state index contributed by atoms with van der Waals surface area (Å²) in [6.07, 6.45) is 4.15. The number of carbonyl (C=O) groups excluding carboxylic acids is 1. The predicted octanol–water partition coefficient (Wildman–Crippen LogP) is 1.91. The fourth-order valence-electron chi connectivity index (χ4n) is 3.37. The Hall–Kier alpha value is -1.95. The Morgan fingerprint density at radius 3 is 3.05 bits per heavy atom. The highest BCUT2D eigenvalue weighted by atomic mass is 16.5. The third-order valence-corrected chi connectivity index (χ3v) is 4.48. The van der Waals surface area contributed by atoms with Crippen molar-refractivity contribution in [3.8, 4) is 0 Å².